The molecule has 0 aliphatic carbocycles. The Hall–Kier alpha value is -4.13. The van der Waals surface area contributed by atoms with E-state index in [0.29, 0.717) is 0 Å². The first kappa shape index (κ1) is 24.5. The predicted octanol–water partition coefficient (Wildman–Crippen LogP) is 2.73. The van der Waals surface area contributed by atoms with Crippen molar-refractivity contribution < 1.29 is 41.7 Å². The number of carbonyl (C=O) groups is 2. The quantitative estimate of drug-likeness (QED) is 0.404. The van der Waals surface area contributed by atoms with E-state index in [1.807, 2.05) is 0 Å². The summed E-state index contributed by atoms with van der Waals surface area (Å²) in [5.74, 6) is -4.41. The topological polar surface area (TPSA) is 115 Å². The number of halogens is 4. The fourth-order valence-electron chi connectivity index (χ4n) is 2.86. The number of rotatable bonds is 9. The van der Waals surface area contributed by atoms with Crippen LogP contribution in [-0.4, -0.2) is 53.3 Å². The van der Waals surface area contributed by atoms with Crippen LogP contribution in [0.3, 0.4) is 0 Å². The maximum absolute atomic E-state index is 14.7. The molecule has 1 heterocycles. The van der Waals surface area contributed by atoms with Crippen molar-refractivity contribution in [2.45, 2.75) is 6.61 Å². The summed E-state index contributed by atoms with van der Waals surface area (Å²) in [6.45, 7) is -3.51. The minimum atomic E-state index is -3.04. The van der Waals surface area contributed by atoms with E-state index in [0.717, 1.165) is 35.0 Å². The first-order valence-corrected chi connectivity index (χ1v) is 9.61. The number of ether oxygens (including phenoxy) is 2. The lowest BCUT2D eigenvalue weighted by molar-refractivity contribution is -0.0498. The fourth-order valence-corrected chi connectivity index (χ4v) is 2.86. The van der Waals surface area contributed by atoms with E-state index < -0.39 is 41.7 Å². The van der Waals surface area contributed by atoms with Crippen molar-refractivity contribution in [2.75, 3.05) is 25.6 Å². The van der Waals surface area contributed by atoms with Crippen LogP contribution in [0.4, 0.5) is 23.5 Å². The molecular weight excluding hydrogens is 464 g/mol. The Bertz CT molecular complexity index is 1160. The van der Waals surface area contributed by atoms with Crippen LogP contribution in [0.1, 0.15) is 20.8 Å². The maximum Gasteiger partial charge on any atom is 0.387 e. The molecule has 3 aromatic rings. The molecule has 0 unspecified atom stereocenters. The van der Waals surface area contributed by atoms with E-state index in [1.165, 1.54) is 19.2 Å². The molecule has 0 spiro atoms. The van der Waals surface area contributed by atoms with Gasteiger partial charge in [-0.05, 0) is 24.3 Å². The van der Waals surface area contributed by atoms with E-state index >= 15 is 0 Å². The Kier molecular flexibility index (Phi) is 7.68. The molecule has 1 aromatic heterocycles. The molecule has 0 fully saturated rings. The number of anilines is 1. The first-order valence-electron chi connectivity index (χ1n) is 9.61. The lowest BCUT2D eigenvalue weighted by Gasteiger charge is -2.12. The van der Waals surface area contributed by atoms with Gasteiger partial charge in [0.2, 0.25) is 5.95 Å². The molecule has 13 heteroatoms. The second-order valence-electron chi connectivity index (χ2n) is 6.60. The summed E-state index contributed by atoms with van der Waals surface area (Å²) in [5.41, 5.74) is -0.970. The minimum Gasteiger partial charge on any atom is -0.497 e. The minimum absolute atomic E-state index is 0.0156. The van der Waals surface area contributed by atoms with Crippen LogP contribution in [0.15, 0.2) is 42.6 Å². The standard InChI is InChI=1S/C21H18F4N4O5/c1-33-13-8-14(22)17(15(23)9-13)29-10-16(19(32)26-6-7-30)27-21(29)28-18(31)11-2-4-12(5-3-11)34-20(24)25/h2-5,8-10,20,30H,6-7H2,1H3,(H,26,32)(H,27,28,31). The number of nitrogens with one attached hydrogen (secondary N) is 2. The van der Waals surface area contributed by atoms with Gasteiger partial charge in [0.25, 0.3) is 11.8 Å². The van der Waals surface area contributed by atoms with Crippen molar-refractivity contribution in [3.8, 4) is 17.2 Å². The molecule has 0 saturated heterocycles. The fraction of sp³-hybridized carbons (Fsp3) is 0.190. The van der Waals surface area contributed by atoms with Gasteiger partial charge in [-0.1, -0.05) is 0 Å². The van der Waals surface area contributed by atoms with Crippen molar-refractivity contribution >= 4 is 17.8 Å². The van der Waals surface area contributed by atoms with Gasteiger partial charge in [-0.3, -0.25) is 19.5 Å². The average Bonchev–Trinajstić information content (AvgIpc) is 3.20. The van der Waals surface area contributed by atoms with Gasteiger partial charge in [0.1, 0.15) is 22.9 Å². The van der Waals surface area contributed by atoms with Gasteiger partial charge in [0.15, 0.2) is 11.6 Å². The third kappa shape index (κ3) is 5.61. The van der Waals surface area contributed by atoms with Gasteiger partial charge >= 0.3 is 6.61 Å². The SMILES string of the molecule is COc1cc(F)c(-n2cc(C(=O)NCCO)nc2NC(=O)c2ccc(OC(F)F)cc2)c(F)c1. The Morgan fingerprint density at radius 3 is 2.29 bits per heavy atom. The molecule has 180 valence electrons. The zero-order valence-corrected chi connectivity index (χ0v) is 17.5. The molecular formula is C21H18F4N4O5. The molecule has 0 radical (unpaired) electrons. The van der Waals surface area contributed by atoms with Gasteiger partial charge < -0.3 is 19.9 Å². The second kappa shape index (κ2) is 10.7. The van der Waals surface area contributed by atoms with Gasteiger partial charge in [-0.25, -0.2) is 13.8 Å². The van der Waals surface area contributed by atoms with Gasteiger partial charge in [0.05, 0.1) is 13.7 Å². The summed E-state index contributed by atoms with van der Waals surface area (Å²) in [6.07, 6.45) is 0.996. The lowest BCUT2D eigenvalue weighted by atomic mass is 10.2. The highest BCUT2D eigenvalue weighted by Gasteiger charge is 2.22. The number of nitrogens with zero attached hydrogens (tertiary/aromatic N) is 2. The highest BCUT2D eigenvalue weighted by molar-refractivity contribution is 6.04. The normalized spacial score (nSPS) is 10.8. The van der Waals surface area contributed by atoms with E-state index in [4.69, 9.17) is 9.84 Å². The van der Waals surface area contributed by atoms with E-state index in [-0.39, 0.29) is 35.9 Å². The largest absolute Gasteiger partial charge is 0.497 e. The lowest BCUT2D eigenvalue weighted by Crippen LogP contribution is -2.26. The number of aliphatic hydroxyl groups excluding tert-OH is 1. The highest BCUT2D eigenvalue weighted by Crippen LogP contribution is 2.27. The van der Waals surface area contributed by atoms with Gasteiger partial charge in [-0.15, -0.1) is 0 Å². The van der Waals surface area contributed by atoms with Crippen molar-refractivity contribution in [3.63, 3.8) is 0 Å². The molecule has 0 saturated carbocycles. The molecule has 0 aliphatic rings. The zero-order valence-electron chi connectivity index (χ0n) is 17.5. The predicted molar refractivity (Wildman–Crippen MR) is 110 cm³/mol. The van der Waals surface area contributed by atoms with Crippen molar-refractivity contribution in [1.82, 2.24) is 14.9 Å². The van der Waals surface area contributed by atoms with Crippen molar-refractivity contribution in [1.29, 1.82) is 0 Å². The van der Waals surface area contributed by atoms with Crippen LogP contribution in [0, 0.1) is 11.6 Å². The molecule has 0 atom stereocenters. The van der Waals surface area contributed by atoms with Crippen LogP contribution in [0.5, 0.6) is 11.5 Å². The average molecular weight is 482 g/mol. The number of aromatic nitrogens is 2. The second-order valence-corrected chi connectivity index (χ2v) is 6.60. The summed E-state index contributed by atoms with van der Waals surface area (Å²) in [5, 5.41) is 13.5. The third-order valence-electron chi connectivity index (χ3n) is 4.37. The number of hydrogen-bond acceptors (Lipinski definition) is 6. The Labute approximate surface area is 189 Å². The molecule has 0 bridgehead atoms. The monoisotopic (exact) mass is 482 g/mol. The summed E-state index contributed by atoms with van der Waals surface area (Å²) < 4.78 is 63.9. The number of methoxy groups -OCH3 is 1. The maximum atomic E-state index is 14.7. The van der Waals surface area contributed by atoms with E-state index in [9.17, 15) is 27.2 Å². The van der Waals surface area contributed by atoms with Crippen LogP contribution in [0.2, 0.25) is 0 Å². The number of benzene rings is 2. The number of imidazole rings is 1. The summed E-state index contributed by atoms with van der Waals surface area (Å²) in [4.78, 5) is 28.9. The summed E-state index contributed by atoms with van der Waals surface area (Å²) in [7, 11) is 1.22. The number of alkyl halides is 2. The van der Waals surface area contributed by atoms with Crippen LogP contribution < -0.4 is 20.1 Å². The van der Waals surface area contributed by atoms with E-state index in [2.05, 4.69) is 20.4 Å². The van der Waals surface area contributed by atoms with Crippen LogP contribution >= 0.6 is 0 Å². The molecule has 3 rings (SSSR count). The molecule has 0 aliphatic heterocycles. The van der Waals surface area contributed by atoms with Gasteiger partial charge in [-0.2, -0.15) is 8.78 Å². The Balaban J connectivity index is 1.98. The zero-order chi connectivity index (χ0) is 24.8. The third-order valence-corrected chi connectivity index (χ3v) is 4.37. The number of aliphatic hydroxyl groups is 1. The number of carbonyl (C=O) groups excluding carboxylic acids is 2. The van der Waals surface area contributed by atoms with Crippen LogP contribution in [-0.2, 0) is 0 Å². The van der Waals surface area contributed by atoms with Crippen LogP contribution in [0.25, 0.3) is 5.69 Å². The smallest absolute Gasteiger partial charge is 0.387 e. The summed E-state index contributed by atoms with van der Waals surface area (Å²) in [6, 6.07) is 6.43. The summed E-state index contributed by atoms with van der Waals surface area (Å²) >= 11 is 0. The Morgan fingerprint density at radius 2 is 1.74 bits per heavy atom. The molecule has 2 amide bonds. The first-order chi connectivity index (χ1) is 16.2. The Morgan fingerprint density at radius 1 is 1.09 bits per heavy atom. The van der Waals surface area contributed by atoms with Gasteiger partial charge in [0, 0.05) is 30.4 Å². The highest BCUT2D eigenvalue weighted by atomic mass is 19.3. The number of hydrogen-bond donors (Lipinski definition) is 3. The molecule has 3 N–H and O–H groups in total. The number of amides is 2. The molecule has 34 heavy (non-hydrogen) atoms. The molecule has 9 nitrogen and oxygen atoms in total. The van der Waals surface area contributed by atoms with Crippen molar-refractivity contribution in [2.24, 2.45) is 0 Å². The van der Waals surface area contributed by atoms with Crippen molar-refractivity contribution in [3.05, 3.63) is 65.5 Å². The van der Waals surface area contributed by atoms with E-state index in [1.54, 1.807) is 0 Å². The molecule has 2 aromatic carbocycles.